The van der Waals surface area contributed by atoms with Gasteiger partial charge in [0, 0.05) is 12.1 Å². The fourth-order valence-corrected chi connectivity index (χ4v) is 3.22. The van der Waals surface area contributed by atoms with Gasteiger partial charge >= 0.3 is 0 Å². The van der Waals surface area contributed by atoms with E-state index in [9.17, 15) is 8.42 Å². The summed E-state index contributed by atoms with van der Waals surface area (Å²) in [4.78, 5) is 0. The van der Waals surface area contributed by atoms with Crippen LogP contribution in [0.1, 0.15) is 24.0 Å². The maximum Gasteiger partial charge on any atom is 0.212 e. The molecule has 0 saturated heterocycles. The Bertz CT molecular complexity index is 595. The molecule has 1 aromatic rings. The first-order chi connectivity index (χ1) is 9.09. The average Bonchev–Trinajstić information content (AvgIpc) is 3.18. The van der Waals surface area contributed by atoms with Crippen LogP contribution in [0.4, 0.5) is 0 Å². The topological polar surface area (TPSA) is 72.2 Å². The monoisotopic (exact) mass is 278 g/mol. The first kappa shape index (κ1) is 14.1. The minimum atomic E-state index is -3.15. The van der Waals surface area contributed by atoms with Crippen molar-refractivity contribution in [3.05, 3.63) is 35.4 Å². The van der Waals surface area contributed by atoms with Crippen LogP contribution in [-0.2, 0) is 16.6 Å². The van der Waals surface area contributed by atoms with E-state index in [4.69, 9.17) is 5.73 Å². The van der Waals surface area contributed by atoms with Gasteiger partial charge in [0.15, 0.2) is 0 Å². The van der Waals surface area contributed by atoms with Gasteiger partial charge in [0.1, 0.15) is 0 Å². The smallest absolute Gasteiger partial charge is 0.212 e. The molecule has 1 aliphatic rings. The van der Waals surface area contributed by atoms with Gasteiger partial charge in [-0.2, -0.15) is 0 Å². The zero-order valence-corrected chi connectivity index (χ0v) is 11.5. The lowest BCUT2D eigenvalue weighted by Gasteiger charge is -2.06. The second-order valence-corrected chi connectivity index (χ2v) is 6.60. The maximum atomic E-state index is 11.8. The van der Waals surface area contributed by atoms with Crippen molar-refractivity contribution in [1.82, 2.24) is 4.72 Å². The van der Waals surface area contributed by atoms with E-state index >= 15 is 0 Å². The lowest BCUT2D eigenvalue weighted by atomic mass is 10.1. The molecule has 0 aliphatic heterocycles. The molecule has 19 heavy (non-hydrogen) atoms. The van der Waals surface area contributed by atoms with Crippen molar-refractivity contribution in [2.24, 2.45) is 11.7 Å². The van der Waals surface area contributed by atoms with Crippen molar-refractivity contribution in [3.63, 3.8) is 0 Å². The summed E-state index contributed by atoms with van der Waals surface area (Å²) in [6.45, 7) is 0.630. The molecular formula is C14H18N2O2S. The molecule has 0 aromatic heterocycles. The fourth-order valence-electron chi connectivity index (χ4n) is 1.76. The van der Waals surface area contributed by atoms with Crippen LogP contribution in [-0.4, -0.2) is 20.7 Å². The van der Waals surface area contributed by atoms with Gasteiger partial charge in [0.2, 0.25) is 10.0 Å². The van der Waals surface area contributed by atoms with Crippen LogP contribution in [0.3, 0.4) is 0 Å². The van der Waals surface area contributed by atoms with E-state index in [0.717, 1.165) is 24.0 Å². The van der Waals surface area contributed by atoms with Crippen molar-refractivity contribution in [2.75, 3.05) is 12.3 Å². The molecule has 1 aliphatic carbocycles. The van der Waals surface area contributed by atoms with Gasteiger partial charge < -0.3 is 5.73 Å². The SMILES string of the molecule is NCC#Cc1cccc(CNS(=O)(=O)CC2CC2)c1. The number of hydrogen-bond acceptors (Lipinski definition) is 3. The molecule has 0 atom stereocenters. The summed E-state index contributed by atoms with van der Waals surface area (Å²) in [5.41, 5.74) is 7.07. The van der Waals surface area contributed by atoms with Crippen molar-refractivity contribution >= 4 is 10.0 Å². The molecule has 1 fully saturated rings. The minimum Gasteiger partial charge on any atom is -0.320 e. The van der Waals surface area contributed by atoms with E-state index in [0.29, 0.717) is 19.0 Å². The van der Waals surface area contributed by atoms with E-state index < -0.39 is 10.0 Å². The summed E-state index contributed by atoms with van der Waals surface area (Å²) < 4.78 is 26.1. The fraction of sp³-hybridized carbons (Fsp3) is 0.429. The van der Waals surface area contributed by atoms with E-state index in [1.807, 2.05) is 24.3 Å². The Balaban J connectivity index is 1.95. The number of hydrogen-bond donors (Lipinski definition) is 2. The zero-order valence-electron chi connectivity index (χ0n) is 10.7. The van der Waals surface area contributed by atoms with Crippen molar-refractivity contribution in [3.8, 4) is 11.8 Å². The Kier molecular flexibility index (Phi) is 4.59. The number of sulfonamides is 1. The van der Waals surface area contributed by atoms with Crippen LogP contribution in [0.25, 0.3) is 0 Å². The molecule has 0 spiro atoms. The molecule has 0 radical (unpaired) electrons. The second kappa shape index (κ2) is 6.20. The first-order valence-corrected chi connectivity index (χ1v) is 7.99. The van der Waals surface area contributed by atoms with E-state index in [1.165, 1.54) is 0 Å². The summed E-state index contributed by atoms with van der Waals surface area (Å²) in [6, 6.07) is 7.51. The molecule has 102 valence electrons. The molecular weight excluding hydrogens is 260 g/mol. The normalized spacial score (nSPS) is 14.8. The Hall–Kier alpha value is -1.35. The van der Waals surface area contributed by atoms with Crippen molar-refractivity contribution in [2.45, 2.75) is 19.4 Å². The molecule has 0 amide bonds. The third kappa shape index (κ3) is 5.03. The van der Waals surface area contributed by atoms with Crippen LogP contribution >= 0.6 is 0 Å². The highest BCUT2D eigenvalue weighted by Crippen LogP contribution is 2.29. The van der Waals surface area contributed by atoms with Gasteiger partial charge in [-0.3, -0.25) is 0 Å². The Morgan fingerprint density at radius 1 is 1.37 bits per heavy atom. The van der Waals surface area contributed by atoms with Gasteiger partial charge in [-0.25, -0.2) is 13.1 Å². The lowest BCUT2D eigenvalue weighted by Crippen LogP contribution is -2.26. The van der Waals surface area contributed by atoms with Crippen LogP contribution in [0.15, 0.2) is 24.3 Å². The molecule has 4 nitrogen and oxygen atoms in total. The summed E-state index contributed by atoms with van der Waals surface area (Å²) in [7, 11) is -3.15. The van der Waals surface area contributed by atoms with Crippen molar-refractivity contribution < 1.29 is 8.42 Å². The van der Waals surface area contributed by atoms with Gasteiger partial charge in [-0.1, -0.05) is 24.0 Å². The van der Waals surface area contributed by atoms with E-state index in [2.05, 4.69) is 16.6 Å². The summed E-state index contributed by atoms with van der Waals surface area (Å²) in [6.07, 6.45) is 2.07. The first-order valence-electron chi connectivity index (χ1n) is 6.34. The average molecular weight is 278 g/mol. The Labute approximate surface area is 114 Å². The highest BCUT2D eigenvalue weighted by atomic mass is 32.2. The van der Waals surface area contributed by atoms with Crippen molar-refractivity contribution in [1.29, 1.82) is 0 Å². The molecule has 1 saturated carbocycles. The summed E-state index contributed by atoms with van der Waals surface area (Å²) >= 11 is 0. The molecule has 1 aromatic carbocycles. The van der Waals surface area contributed by atoms with E-state index in [-0.39, 0.29) is 5.75 Å². The standard InChI is InChI=1S/C14H18N2O2S/c15-8-2-5-12-3-1-4-14(9-12)10-16-19(17,18)11-13-6-7-13/h1,3-4,9,13,16H,6-8,10-11,15H2. The minimum absolute atomic E-state index is 0.250. The Morgan fingerprint density at radius 2 is 2.16 bits per heavy atom. The molecule has 0 unspecified atom stereocenters. The largest absolute Gasteiger partial charge is 0.320 e. The van der Waals surface area contributed by atoms with Crippen LogP contribution < -0.4 is 10.5 Å². The maximum absolute atomic E-state index is 11.8. The highest BCUT2D eigenvalue weighted by molar-refractivity contribution is 7.89. The molecule has 3 N–H and O–H groups in total. The van der Waals surface area contributed by atoms with Gasteiger partial charge in [0.25, 0.3) is 0 Å². The van der Waals surface area contributed by atoms with Crippen LogP contribution in [0, 0.1) is 17.8 Å². The zero-order chi connectivity index (χ0) is 13.7. The summed E-state index contributed by atoms with van der Waals surface area (Å²) in [5.74, 6) is 6.32. The number of nitrogens with one attached hydrogen (secondary N) is 1. The van der Waals surface area contributed by atoms with Gasteiger partial charge in [-0.05, 0) is 36.5 Å². The lowest BCUT2D eigenvalue weighted by molar-refractivity contribution is 0.577. The molecule has 2 rings (SSSR count). The van der Waals surface area contributed by atoms with Gasteiger partial charge in [-0.15, -0.1) is 0 Å². The predicted octanol–water partition coefficient (Wildman–Crippen LogP) is 0.826. The van der Waals surface area contributed by atoms with Gasteiger partial charge in [0.05, 0.1) is 12.3 Å². The molecule has 5 heteroatoms. The quantitative estimate of drug-likeness (QED) is 0.784. The number of nitrogens with two attached hydrogens (primary N) is 1. The number of rotatable bonds is 5. The third-order valence-corrected chi connectivity index (χ3v) is 4.40. The number of benzene rings is 1. The molecule has 0 heterocycles. The van der Waals surface area contributed by atoms with Crippen LogP contribution in [0.5, 0.6) is 0 Å². The highest BCUT2D eigenvalue weighted by Gasteiger charge is 2.27. The Morgan fingerprint density at radius 3 is 2.84 bits per heavy atom. The second-order valence-electron chi connectivity index (χ2n) is 4.75. The predicted molar refractivity (Wildman–Crippen MR) is 75.7 cm³/mol. The van der Waals surface area contributed by atoms with Crippen LogP contribution in [0.2, 0.25) is 0 Å². The van der Waals surface area contributed by atoms with E-state index in [1.54, 1.807) is 0 Å². The summed E-state index contributed by atoms with van der Waals surface area (Å²) in [5, 5.41) is 0. The third-order valence-electron chi connectivity index (χ3n) is 2.91. The molecule has 0 bridgehead atoms.